The molecule has 2 rings (SSSR count). The molecule has 0 bridgehead atoms. The van der Waals surface area contributed by atoms with Crippen LogP contribution in [0.15, 0.2) is 24.3 Å². The van der Waals surface area contributed by atoms with Gasteiger partial charge in [0.1, 0.15) is 0 Å². The molecular weight excluding hydrogens is 264 g/mol. The summed E-state index contributed by atoms with van der Waals surface area (Å²) in [5.41, 5.74) is 2.58. The predicted octanol–water partition coefficient (Wildman–Crippen LogP) is 2.72. The van der Waals surface area contributed by atoms with Gasteiger partial charge >= 0.3 is 6.03 Å². The average molecular weight is 290 g/mol. The minimum Gasteiger partial charge on any atom is -0.393 e. The summed E-state index contributed by atoms with van der Waals surface area (Å²) in [6, 6.07) is 8.37. The number of aryl methyl sites for hydroxylation is 1. The van der Waals surface area contributed by atoms with Crippen LogP contribution in [-0.4, -0.2) is 35.7 Å². The maximum Gasteiger partial charge on any atom is 0.317 e. The quantitative estimate of drug-likeness (QED) is 0.896. The van der Waals surface area contributed by atoms with Crippen LogP contribution in [0.4, 0.5) is 4.79 Å². The van der Waals surface area contributed by atoms with E-state index in [0.29, 0.717) is 18.9 Å². The molecule has 3 unspecified atom stereocenters. The summed E-state index contributed by atoms with van der Waals surface area (Å²) in [5.74, 6) is 0.439. The maximum atomic E-state index is 12.3. The number of aliphatic hydroxyl groups excluding tert-OH is 1. The van der Waals surface area contributed by atoms with E-state index in [1.807, 2.05) is 6.07 Å². The van der Waals surface area contributed by atoms with Crippen molar-refractivity contribution in [1.82, 2.24) is 10.2 Å². The molecule has 1 aromatic carbocycles. The highest BCUT2D eigenvalue weighted by Crippen LogP contribution is 2.34. The first-order valence-corrected chi connectivity index (χ1v) is 7.76. The van der Waals surface area contributed by atoms with Gasteiger partial charge in [-0.25, -0.2) is 4.79 Å². The molecule has 3 atom stereocenters. The third-order valence-corrected chi connectivity index (χ3v) is 4.34. The van der Waals surface area contributed by atoms with Gasteiger partial charge in [0.2, 0.25) is 0 Å². The molecule has 116 valence electrons. The molecule has 0 aliphatic heterocycles. The fraction of sp³-hybridized carbons (Fsp3) is 0.588. The number of carbonyl (C=O) groups is 1. The first kappa shape index (κ1) is 15.8. The van der Waals surface area contributed by atoms with Crippen molar-refractivity contribution in [2.45, 2.75) is 45.3 Å². The van der Waals surface area contributed by atoms with Crippen LogP contribution in [0.3, 0.4) is 0 Å². The molecular formula is C17H26N2O2. The summed E-state index contributed by atoms with van der Waals surface area (Å²) in [6.45, 7) is 4.49. The Bertz CT molecular complexity index is 487. The molecule has 0 radical (unpaired) electrons. The van der Waals surface area contributed by atoms with Crippen molar-refractivity contribution in [2.24, 2.45) is 5.92 Å². The Labute approximate surface area is 127 Å². The van der Waals surface area contributed by atoms with Gasteiger partial charge in [-0.2, -0.15) is 0 Å². The fourth-order valence-electron chi connectivity index (χ4n) is 2.87. The minimum absolute atomic E-state index is 0.0656. The Kier molecular flexibility index (Phi) is 5.23. The van der Waals surface area contributed by atoms with Gasteiger partial charge in [-0.1, -0.05) is 31.2 Å². The number of benzene rings is 1. The molecule has 2 amide bonds. The lowest BCUT2D eigenvalue weighted by molar-refractivity contribution is 0.160. The van der Waals surface area contributed by atoms with Gasteiger partial charge in [-0.15, -0.1) is 0 Å². The second-order valence-electron chi connectivity index (χ2n) is 6.20. The van der Waals surface area contributed by atoms with E-state index in [9.17, 15) is 9.90 Å². The molecule has 0 spiro atoms. The minimum atomic E-state index is -0.380. The number of carbonyl (C=O) groups excluding carboxylic acids is 1. The van der Waals surface area contributed by atoms with E-state index in [4.69, 9.17) is 0 Å². The number of fused-ring (bicyclic) bond motifs is 1. The topological polar surface area (TPSA) is 52.6 Å². The molecule has 21 heavy (non-hydrogen) atoms. The van der Waals surface area contributed by atoms with Crippen LogP contribution in [0.1, 0.15) is 43.9 Å². The van der Waals surface area contributed by atoms with Crippen LogP contribution in [0.25, 0.3) is 0 Å². The van der Waals surface area contributed by atoms with E-state index in [1.54, 1.807) is 18.9 Å². The maximum absolute atomic E-state index is 12.3. The molecule has 4 heteroatoms. The fourth-order valence-corrected chi connectivity index (χ4v) is 2.87. The van der Waals surface area contributed by atoms with E-state index in [0.717, 1.165) is 12.8 Å². The SMILES string of the molecule is CC(O)CCN(C)C(=O)NC1c2ccccc2CCC1C. The number of rotatable bonds is 4. The van der Waals surface area contributed by atoms with Gasteiger partial charge in [0.15, 0.2) is 0 Å². The summed E-state index contributed by atoms with van der Waals surface area (Å²) >= 11 is 0. The first-order valence-electron chi connectivity index (χ1n) is 7.76. The Morgan fingerprint density at radius 2 is 2.19 bits per heavy atom. The molecule has 0 saturated carbocycles. The summed E-state index contributed by atoms with van der Waals surface area (Å²) < 4.78 is 0. The van der Waals surface area contributed by atoms with Crippen LogP contribution < -0.4 is 5.32 Å². The number of hydrogen-bond donors (Lipinski definition) is 2. The summed E-state index contributed by atoms with van der Waals surface area (Å²) in [7, 11) is 1.77. The van der Waals surface area contributed by atoms with Crippen LogP contribution in [-0.2, 0) is 6.42 Å². The van der Waals surface area contributed by atoms with E-state index in [-0.39, 0.29) is 18.2 Å². The Morgan fingerprint density at radius 1 is 1.48 bits per heavy atom. The number of aliphatic hydroxyl groups is 1. The molecule has 1 aliphatic carbocycles. The van der Waals surface area contributed by atoms with Crippen molar-refractivity contribution in [2.75, 3.05) is 13.6 Å². The van der Waals surface area contributed by atoms with Gasteiger partial charge in [0.25, 0.3) is 0 Å². The van der Waals surface area contributed by atoms with E-state index in [1.165, 1.54) is 11.1 Å². The molecule has 1 aromatic rings. The zero-order chi connectivity index (χ0) is 15.4. The standard InChI is InChI=1S/C17H26N2O2/c1-12-8-9-14-6-4-5-7-15(14)16(12)18-17(21)19(3)11-10-13(2)20/h4-7,12-13,16,20H,8-11H2,1-3H3,(H,18,21). The second-order valence-corrected chi connectivity index (χ2v) is 6.20. The van der Waals surface area contributed by atoms with Crippen molar-refractivity contribution < 1.29 is 9.90 Å². The summed E-state index contributed by atoms with van der Waals surface area (Å²) in [5, 5.41) is 12.5. The Balaban J connectivity index is 2.03. The van der Waals surface area contributed by atoms with Crippen LogP contribution in [0.2, 0.25) is 0 Å². The zero-order valence-corrected chi connectivity index (χ0v) is 13.2. The van der Waals surface area contributed by atoms with Crippen molar-refractivity contribution in [3.8, 4) is 0 Å². The molecule has 0 aromatic heterocycles. The predicted molar refractivity (Wildman–Crippen MR) is 84.1 cm³/mol. The molecule has 0 saturated heterocycles. The summed E-state index contributed by atoms with van der Waals surface area (Å²) in [6.07, 6.45) is 2.40. The van der Waals surface area contributed by atoms with E-state index >= 15 is 0 Å². The van der Waals surface area contributed by atoms with Gasteiger partial charge in [-0.05, 0) is 43.2 Å². The van der Waals surface area contributed by atoms with Gasteiger partial charge in [0, 0.05) is 13.6 Å². The highest BCUT2D eigenvalue weighted by molar-refractivity contribution is 5.74. The van der Waals surface area contributed by atoms with Gasteiger partial charge in [0.05, 0.1) is 12.1 Å². The normalized spacial score (nSPS) is 22.3. The first-order chi connectivity index (χ1) is 9.99. The van der Waals surface area contributed by atoms with Gasteiger partial charge in [-0.3, -0.25) is 0 Å². The van der Waals surface area contributed by atoms with Crippen LogP contribution in [0, 0.1) is 5.92 Å². The third-order valence-electron chi connectivity index (χ3n) is 4.34. The van der Waals surface area contributed by atoms with Crippen molar-refractivity contribution >= 4 is 6.03 Å². The largest absolute Gasteiger partial charge is 0.393 e. The highest BCUT2D eigenvalue weighted by Gasteiger charge is 2.28. The molecule has 4 nitrogen and oxygen atoms in total. The lowest BCUT2D eigenvalue weighted by Crippen LogP contribution is -2.43. The highest BCUT2D eigenvalue weighted by atomic mass is 16.3. The lowest BCUT2D eigenvalue weighted by atomic mass is 9.81. The van der Waals surface area contributed by atoms with Crippen molar-refractivity contribution in [3.63, 3.8) is 0 Å². The lowest BCUT2D eigenvalue weighted by Gasteiger charge is -2.33. The number of urea groups is 1. The number of nitrogens with one attached hydrogen (secondary N) is 1. The Morgan fingerprint density at radius 3 is 2.90 bits per heavy atom. The molecule has 2 N–H and O–H groups in total. The monoisotopic (exact) mass is 290 g/mol. The van der Waals surface area contributed by atoms with E-state index in [2.05, 4.69) is 30.4 Å². The smallest absolute Gasteiger partial charge is 0.317 e. The van der Waals surface area contributed by atoms with Crippen LogP contribution in [0.5, 0.6) is 0 Å². The van der Waals surface area contributed by atoms with Crippen molar-refractivity contribution in [3.05, 3.63) is 35.4 Å². The second kappa shape index (κ2) is 6.94. The van der Waals surface area contributed by atoms with E-state index < -0.39 is 0 Å². The van der Waals surface area contributed by atoms with Crippen LogP contribution >= 0.6 is 0 Å². The molecule has 1 aliphatic rings. The van der Waals surface area contributed by atoms with Gasteiger partial charge < -0.3 is 15.3 Å². The number of hydrogen-bond acceptors (Lipinski definition) is 2. The Hall–Kier alpha value is -1.55. The molecule has 0 heterocycles. The third kappa shape index (κ3) is 3.97. The number of nitrogens with zero attached hydrogens (tertiary/aromatic N) is 1. The van der Waals surface area contributed by atoms with Crippen molar-refractivity contribution in [1.29, 1.82) is 0 Å². The molecule has 0 fully saturated rings. The zero-order valence-electron chi connectivity index (χ0n) is 13.2. The number of amides is 2. The summed E-state index contributed by atoms with van der Waals surface area (Å²) in [4.78, 5) is 14.0. The average Bonchev–Trinajstić information content (AvgIpc) is 2.47.